The van der Waals surface area contributed by atoms with E-state index in [1.165, 1.54) is 12.0 Å². The van der Waals surface area contributed by atoms with E-state index in [0.717, 1.165) is 25.9 Å². The van der Waals surface area contributed by atoms with Crippen LogP contribution in [0.4, 0.5) is 4.79 Å². The Morgan fingerprint density at radius 3 is 2.33 bits per heavy atom. The maximum absolute atomic E-state index is 13.6. The molecule has 220 valence electrons. The van der Waals surface area contributed by atoms with E-state index in [4.69, 9.17) is 45.3 Å². The minimum Gasteiger partial charge on any atom is -0.481 e. The second kappa shape index (κ2) is 14.7. The van der Waals surface area contributed by atoms with Gasteiger partial charge >= 0.3 is 18.0 Å². The zero-order chi connectivity index (χ0) is 29.4. The molecule has 12 nitrogen and oxygen atoms in total. The third-order valence-electron chi connectivity index (χ3n) is 6.99. The molecule has 2 unspecified atom stereocenters. The number of halogens is 2. The maximum Gasteiger partial charge on any atom is 0.409 e. The number of carboxylic acids is 2. The molecule has 2 heterocycles. The fourth-order valence-electron chi connectivity index (χ4n) is 5.02. The lowest BCUT2D eigenvalue weighted by Gasteiger charge is -2.48. The van der Waals surface area contributed by atoms with Gasteiger partial charge in [0.05, 0.1) is 42.1 Å². The number of benzene rings is 1. The third-order valence-corrected chi connectivity index (χ3v) is 7.99. The molecule has 0 aliphatic carbocycles. The highest BCUT2D eigenvalue weighted by Crippen LogP contribution is 2.25. The molecule has 2 amide bonds. The van der Waals surface area contributed by atoms with E-state index in [2.05, 4.69) is 15.5 Å². The van der Waals surface area contributed by atoms with Crippen LogP contribution in [0, 0.1) is 0 Å². The predicted octanol–water partition coefficient (Wildman–Crippen LogP) is 1.67. The molecule has 3 rings (SSSR count). The first-order chi connectivity index (χ1) is 19.0. The van der Waals surface area contributed by atoms with Gasteiger partial charge in [0.15, 0.2) is 5.11 Å². The Kier molecular flexibility index (Phi) is 11.6. The number of ether oxygens (including phenoxy) is 1. The molecule has 0 aromatic heterocycles. The van der Waals surface area contributed by atoms with Crippen molar-refractivity contribution in [3.05, 3.63) is 33.8 Å². The van der Waals surface area contributed by atoms with Gasteiger partial charge in [-0.2, -0.15) is 0 Å². The summed E-state index contributed by atoms with van der Waals surface area (Å²) in [6.07, 6.45) is 0.900. The molecule has 2 fully saturated rings. The number of nitrogens with one attached hydrogen (secondary N) is 2. The summed E-state index contributed by atoms with van der Waals surface area (Å²) in [5, 5.41) is 24.4. The first kappa shape index (κ1) is 31.7. The molecule has 2 aliphatic rings. The van der Waals surface area contributed by atoms with Gasteiger partial charge in [-0.05, 0) is 55.8 Å². The summed E-state index contributed by atoms with van der Waals surface area (Å²) in [5.74, 6) is -2.81. The smallest absolute Gasteiger partial charge is 0.409 e. The van der Waals surface area contributed by atoms with Crippen LogP contribution in [0.2, 0.25) is 10.0 Å². The van der Waals surface area contributed by atoms with Gasteiger partial charge in [-0.15, -0.1) is 0 Å². The van der Waals surface area contributed by atoms with Crippen molar-refractivity contribution in [3.8, 4) is 0 Å². The lowest BCUT2D eigenvalue weighted by Crippen LogP contribution is -2.68. The molecular formula is C25H33Cl2N5O7S. The van der Waals surface area contributed by atoms with E-state index in [1.807, 2.05) is 0 Å². The highest BCUT2D eigenvalue weighted by atomic mass is 35.5. The van der Waals surface area contributed by atoms with Crippen LogP contribution in [0.1, 0.15) is 24.8 Å². The van der Waals surface area contributed by atoms with Crippen molar-refractivity contribution in [2.75, 3.05) is 46.4 Å². The van der Waals surface area contributed by atoms with E-state index in [0.29, 0.717) is 22.2 Å². The quantitative estimate of drug-likeness (QED) is 0.284. The number of amides is 2. The average molecular weight is 619 g/mol. The number of carbonyl (C=O) groups is 4. The molecule has 1 aromatic rings. The van der Waals surface area contributed by atoms with Gasteiger partial charge in [-0.3, -0.25) is 14.5 Å². The summed E-state index contributed by atoms with van der Waals surface area (Å²) in [7, 11) is 1.28. The number of thiocarbonyl (C=S) groups is 1. The molecule has 0 spiro atoms. The molecule has 3 atom stereocenters. The van der Waals surface area contributed by atoms with Gasteiger partial charge in [0.1, 0.15) is 6.04 Å². The van der Waals surface area contributed by atoms with Crippen molar-refractivity contribution in [3.63, 3.8) is 0 Å². The first-order valence-corrected chi connectivity index (χ1v) is 14.0. The zero-order valence-corrected chi connectivity index (χ0v) is 24.3. The summed E-state index contributed by atoms with van der Waals surface area (Å²) >= 11 is 17.4. The van der Waals surface area contributed by atoms with Crippen molar-refractivity contribution < 1.29 is 34.1 Å². The van der Waals surface area contributed by atoms with Crippen molar-refractivity contribution in [1.29, 1.82) is 0 Å². The number of rotatable bonds is 10. The number of nitrogens with zero attached hydrogens (tertiary/aromatic N) is 3. The Labute approximate surface area is 247 Å². The van der Waals surface area contributed by atoms with Gasteiger partial charge in [0.25, 0.3) is 0 Å². The fraction of sp³-hybridized carbons (Fsp3) is 0.560. The molecule has 1 aromatic carbocycles. The SMILES string of the molecule is COC(=O)N1CCN(C(=O)Cc2ccc(Cl)c(Cl)c2)C(CN2CCCC2)C1CNC(=S)N[C@@H](CC(=O)O)C(=O)O. The lowest BCUT2D eigenvalue weighted by molar-refractivity contribution is -0.145. The van der Waals surface area contributed by atoms with Crippen molar-refractivity contribution in [1.82, 2.24) is 25.3 Å². The predicted molar refractivity (Wildman–Crippen MR) is 152 cm³/mol. The number of carboxylic acid groups (broad SMARTS) is 2. The highest BCUT2D eigenvalue weighted by Gasteiger charge is 2.42. The Balaban J connectivity index is 1.83. The fourth-order valence-corrected chi connectivity index (χ4v) is 5.57. The zero-order valence-electron chi connectivity index (χ0n) is 22.0. The van der Waals surface area contributed by atoms with Crippen LogP contribution in [0.3, 0.4) is 0 Å². The number of hydrogen-bond donors (Lipinski definition) is 4. The Morgan fingerprint density at radius 2 is 1.73 bits per heavy atom. The average Bonchev–Trinajstić information content (AvgIpc) is 3.41. The molecule has 0 bridgehead atoms. The molecular weight excluding hydrogens is 585 g/mol. The molecule has 40 heavy (non-hydrogen) atoms. The molecule has 0 saturated carbocycles. The molecule has 2 saturated heterocycles. The first-order valence-electron chi connectivity index (χ1n) is 12.8. The normalized spacial score (nSPS) is 20.1. The minimum atomic E-state index is -1.44. The second-order valence-electron chi connectivity index (χ2n) is 9.66. The van der Waals surface area contributed by atoms with Gasteiger partial charge in [0, 0.05) is 26.2 Å². The summed E-state index contributed by atoms with van der Waals surface area (Å²) in [5.41, 5.74) is 0.702. The summed E-state index contributed by atoms with van der Waals surface area (Å²) in [6, 6.07) is 2.57. The topological polar surface area (TPSA) is 152 Å². The second-order valence-corrected chi connectivity index (χ2v) is 10.9. The standard InChI is InChI=1S/C25H33Cl2N5O7S/c1-39-25(38)32-9-8-31(21(33)11-15-4-5-16(26)17(27)10-15)20(14-30-6-2-3-7-30)19(32)13-28-24(40)29-18(23(36)37)12-22(34)35/h4-5,10,18-20H,2-3,6-9,11-14H2,1H3,(H,34,35)(H,36,37)(H2,28,29,40)/t18-,19?,20?/m0/s1. The molecule has 0 radical (unpaired) electrons. The van der Waals surface area contributed by atoms with Crippen LogP contribution in [-0.2, 0) is 25.5 Å². The van der Waals surface area contributed by atoms with E-state index >= 15 is 0 Å². The van der Waals surface area contributed by atoms with E-state index in [-0.39, 0.29) is 37.1 Å². The summed E-state index contributed by atoms with van der Waals surface area (Å²) < 4.78 is 5.02. The number of hydrogen-bond acceptors (Lipinski definition) is 7. The summed E-state index contributed by atoms with van der Waals surface area (Å²) in [4.78, 5) is 54.4. The number of likely N-dealkylation sites (tertiary alicyclic amines) is 1. The maximum atomic E-state index is 13.6. The number of methoxy groups -OCH3 is 1. The van der Waals surface area contributed by atoms with Crippen LogP contribution in [-0.4, -0.2) is 118 Å². The number of carbonyl (C=O) groups excluding carboxylic acids is 2. The van der Waals surface area contributed by atoms with Crippen molar-refractivity contribution in [2.45, 2.75) is 43.8 Å². The van der Waals surface area contributed by atoms with Crippen molar-refractivity contribution in [2.24, 2.45) is 0 Å². The van der Waals surface area contributed by atoms with Crippen LogP contribution >= 0.6 is 35.4 Å². The van der Waals surface area contributed by atoms with E-state index < -0.39 is 42.6 Å². The van der Waals surface area contributed by atoms with Crippen LogP contribution < -0.4 is 10.6 Å². The van der Waals surface area contributed by atoms with Gasteiger partial charge in [0.2, 0.25) is 5.91 Å². The Morgan fingerprint density at radius 1 is 1.05 bits per heavy atom. The van der Waals surface area contributed by atoms with Gasteiger partial charge < -0.3 is 35.4 Å². The van der Waals surface area contributed by atoms with Gasteiger partial charge in [-0.25, -0.2) is 9.59 Å². The Hall–Kier alpha value is -2.87. The third kappa shape index (κ3) is 8.56. The lowest BCUT2D eigenvalue weighted by atomic mass is 9.99. The molecule has 2 aliphatic heterocycles. The number of aliphatic carboxylic acids is 2. The largest absolute Gasteiger partial charge is 0.481 e. The van der Waals surface area contributed by atoms with Gasteiger partial charge in [-0.1, -0.05) is 29.3 Å². The van der Waals surface area contributed by atoms with E-state index in [9.17, 15) is 24.3 Å². The monoisotopic (exact) mass is 617 g/mol. The minimum absolute atomic E-state index is 0.0649. The van der Waals surface area contributed by atoms with E-state index in [1.54, 1.807) is 23.1 Å². The summed E-state index contributed by atoms with van der Waals surface area (Å²) in [6.45, 7) is 2.78. The van der Waals surface area contributed by atoms with Crippen LogP contribution in [0.15, 0.2) is 18.2 Å². The molecule has 4 N–H and O–H groups in total. The van der Waals surface area contributed by atoms with Crippen molar-refractivity contribution >= 4 is 64.5 Å². The highest BCUT2D eigenvalue weighted by molar-refractivity contribution is 7.80. The van der Waals surface area contributed by atoms with Crippen LogP contribution in [0.5, 0.6) is 0 Å². The Bertz CT molecular complexity index is 1120. The number of piperazine rings is 1. The van der Waals surface area contributed by atoms with Crippen LogP contribution in [0.25, 0.3) is 0 Å². The molecule has 15 heteroatoms.